The largest absolute Gasteiger partial charge is 0.465 e. The number of anilines is 1. The summed E-state index contributed by atoms with van der Waals surface area (Å²) in [5.41, 5.74) is 0.740. The second-order valence-electron chi connectivity index (χ2n) is 4.07. The number of rotatable bonds is 4. The highest BCUT2D eigenvalue weighted by atomic mass is 35.7. The quantitative estimate of drug-likeness (QED) is 0.669. The van der Waals surface area contributed by atoms with Gasteiger partial charge in [0.05, 0.1) is 12.7 Å². The van der Waals surface area contributed by atoms with Crippen molar-refractivity contribution in [3.05, 3.63) is 46.2 Å². The maximum atomic E-state index is 12.1. The van der Waals surface area contributed by atoms with Crippen molar-refractivity contribution in [3.63, 3.8) is 0 Å². The van der Waals surface area contributed by atoms with Crippen molar-refractivity contribution >= 4 is 48.6 Å². The molecule has 0 radical (unpaired) electrons. The Bertz CT molecular complexity index is 811. The summed E-state index contributed by atoms with van der Waals surface area (Å²) >= 11 is 0.966. The fourth-order valence-corrected chi connectivity index (χ4v) is 3.96. The maximum absolute atomic E-state index is 12.1. The number of thiophene rings is 1. The third-order valence-electron chi connectivity index (χ3n) is 2.66. The van der Waals surface area contributed by atoms with E-state index < -0.39 is 20.9 Å². The molecule has 0 aliphatic carbocycles. The van der Waals surface area contributed by atoms with Crippen molar-refractivity contribution in [3.8, 4) is 0 Å². The minimum Gasteiger partial charge on any atom is -0.465 e. The molecule has 0 unspecified atom stereocenters. The van der Waals surface area contributed by atoms with Gasteiger partial charge in [-0.1, -0.05) is 0 Å². The van der Waals surface area contributed by atoms with Gasteiger partial charge in [0.1, 0.15) is 9.77 Å². The molecule has 116 valence electrons. The second kappa shape index (κ2) is 6.47. The smallest absolute Gasteiger partial charge is 0.337 e. The van der Waals surface area contributed by atoms with Gasteiger partial charge < -0.3 is 10.1 Å². The van der Waals surface area contributed by atoms with Gasteiger partial charge in [0.2, 0.25) is 0 Å². The lowest BCUT2D eigenvalue weighted by Crippen LogP contribution is -2.13. The Balaban J connectivity index is 2.20. The lowest BCUT2D eigenvalue weighted by molar-refractivity contribution is 0.0600. The Morgan fingerprint density at radius 3 is 2.36 bits per heavy atom. The predicted octanol–water partition coefficient (Wildman–Crippen LogP) is 2.71. The fourth-order valence-electron chi connectivity index (χ4n) is 1.65. The van der Waals surface area contributed by atoms with Crippen LogP contribution in [0.2, 0.25) is 0 Å². The first kappa shape index (κ1) is 16.5. The molecule has 6 nitrogen and oxygen atoms in total. The Morgan fingerprint density at radius 2 is 1.82 bits per heavy atom. The summed E-state index contributed by atoms with van der Waals surface area (Å²) in [5.74, 6) is -1.09. The molecule has 1 aromatic carbocycles. The van der Waals surface area contributed by atoms with Gasteiger partial charge in [-0.05, 0) is 35.7 Å². The van der Waals surface area contributed by atoms with Gasteiger partial charge in [-0.2, -0.15) is 0 Å². The highest BCUT2D eigenvalue weighted by Crippen LogP contribution is 2.26. The van der Waals surface area contributed by atoms with Crippen LogP contribution in [-0.2, 0) is 13.8 Å². The summed E-state index contributed by atoms with van der Waals surface area (Å²) in [5, 5.41) is 4.00. The molecule has 1 aromatic heterocycles. The number of carbonyl (C=O) groups is 2. The minimum atomic E-state index is -3.99. The predicted molar refractivity (Wildman–Crippen MR) is 83.1 cm³/mol. The SMILES string of the molecule is COC(=O)c1ccc(NC(=O)c2sccc2S(=O)(=O)Cl)cc1. The Morgan fingerprint density at radius 1 is 1.18 bits per heavy atom. The van der Waals surface area contributed by atoms with Gasteiger partial charge in [0, 0.05) is 16.4 Å². The van der Waals surface area contributed by atoms with Crippen molar-refractivity contribution in [2.75, 3.05) is 12.4 Å². The highest BCUT2D eigenvalue weighted by Gasteiger charge is 2.22. The van der Waals surface area contributed by atoms with Crippen molar-refractivity contribution in [2.45, 2.75) is 4.90 Å². The molecule has 1 heterocycles. The summed E-state index contributed by atoms with van der Waals surface area (Å²) in [6, 6.07) is 7.24. The van der Waals surface area contributed by atoms with E-state index in [0.29, 0.717) is 11.3 Å². The zero-order valence-corrected chi connectivity index (χ0v) is 13.6. The number of nitrogens with one attached hydrogen (secondary N) is 1. The average molecular weight is 360 g/mol. The molecule has 0 fully saturated rings. The average Bonchev–Trinajstić information content (AvgIpc) is 2.97. The molecular weight excluding hydrogens is 350 g/mol. The van der Waals surface area contributed by atoms with Crippen LogP contribution < -0.4 is 5.32 Å². The summed E-state index contributed by atoms with van der Waals surface area (Å²) in [6.07, 6.45) is 0. The first-order valence-corrected chi connectivity index (χ1v) is 9.03. The summed E-state index contributed by atoms with van der Waals surface area (Å²) in [7, 11) is 2.55. The molecule has 0 atom stereocenters. The standard InChI is InChI=1S/C13H10ClNO5S2/c1-20-13(17)8-2-4-9(5-3-8)15-12(16)11-10(6-7-21-11)22(14,18)19/h2-7H,1H3,(H,15,16). The van der Waals surface area contributed by atoms with Gasteiger partial charge in [-0.25, -0.2) is 13.2 Å². The van der Waals surface area contributed by atoms with E-state index >= 15 is 0 Å². The molecule has 9 heteroatoms. The third kappa shape index (κ3) is 3.65. The van der Waals surface area contributed by atoms with E-state index in [1.54, 1.807) is 0 Å². The molecule has 1 amide bonds. The first-order chi connectivity index (χ1) is 10.3. The molecule has 0 saturated carbocycles. The van der Waals surface area contributed by atoms with Crippen LogP contribution in [0.3, 0.4) is 0 Å². The molecule has 0 spiro atoms. The fraction of sp³-hybridized carbons (Fsp3) is 0.0769. The van der Waals surface area contributed by atoms with Gasteiger partial charge in [-0.15, -0.1) is 11.3 Å². The van der Waals surface area contributed by atoms with E-state index in [0.717, 1.165) is 11.3 Å². The summed E-state index contributed by atoms with van der Waals surface area (Å²) in [6.45, 7) is 0. The Kier molecular flexibility index (Phi) is 4.84. The van der Waals surface area contributed by atoms with E-state index in [1.165, 1.54) is 42.8 Å². The number of hydrogen-bond acceptors (Lipinski definition) is 6. The van der Waals surface area contributed by atoms with Crippen LogP contribution in [-0.4, -0.2) is 27.4 Å². The van der Waals surface area contributed by atoms with E-state index in [1.807, 2.05) is 0 Å². The lowest BCUT2D eigenvalue weighted by atomic mass is 10.2. The maximum Gasteiger partial charge on any atom is 0.337 e. The number of benzene rings is 1. The zero-order chi connectivity index (χ0) is 16.3. The number of hydrogen-bond donors (Lipinski definition) is 1. The minimum absolute atomic E-state index is 0.00737. The molecule has 2 rings (SSSR count). The monoisotopic (exact) mass is 359 g/mol. The Labute approximate surface area is 135 Å². The topological polar surface area (TPSA) is 89.5 Å². The van der Waals surface area contributed by atoms with Crippen LogP contribution in [0, 0.1) is 0 Å². The number of carbonyl (C=O) groups excluding carboxylic acids is 2. The van der Waals surface area contributed by atoms with E-state index in [-0.39, 0.29) is 9.77 Å². The summed E-state index contributed by atoms with van der Waals surface area (Å²) in [4.78, 5) is 23.2. The van der Waals surface area contributed by atoms with Crippen molar-refractivity contribution in [2.24, 2.45) is 0 Å². The molecule has 2 aromatic rings. The molecule has 1 N–H and O–H groups in total. The van der Waals surface area contributed by atoms with Crippen molar-refractivity contribution in [1.29, 1.82) is 0 Å². The third-order valence-corrected chi connectivity index (χ3v) is 5.07. The Hall–Kier alpha value is -1.90. The van der Waals surface area contributed by atoms with E-state index in [9.17, 15) is 18.0 Å². The van der Waals surface area contributed by atoms with Gasteiger partial charge in [-0.3, -0.25) is 4.79 Å². The lowest BCUT2D eigenvalue weighted by Gasteiger charge is -2.06. The zero-order valence-electron chi connectivity index (χ0n) is 11.2. The van der Waals surface area contributed by atoms with Crippen molar-refractivity contribution in [1.82, 2.24) is 0 Å². The van der Waals surface area contributed by atoms with Crippen LogP contribution >= 0.6 is 22.0 Å². The van der Waals surface area contributed by atoms with Crippen LogP contribution in [0.15, 0.2) is 40.6 Å². The second-order valence-corrected chi connectivity index (χ2v) is 7.53. The molecule has 0 aliphatic heterocycles. The van der Waals surface area contributed by atoms with Gasteiger partial charge >= 0.3 is 5.97 Å². The number of methoxy groups -OCH3 is 1. The summed E-state index contributed by atoms with van der Waals surface area (Å²) < 4.78 is 27.3. The van der Waals surface area contributed by atoms with E-state index in [2.05, 4.69) is 10.1 Å². The van der Waals surface area contributed by atoms with Crippen LogP contribution in [0.25, 0.3) is 0 Å². The molecule has 0 aliphatic rings. The number of ether oxygens (including phenoxy) is 1. The van der Waals surface area contributed by atoms with Crippen molar-refractivity contribution < 1.29 is 22.7 Å². The molecular formula is C13H10ClNO5S2. The highest BCUT2D eigenvalue weighted by molar-refractivity contribution is 8.13. The van der Waals surface area contributed by atoms with Crippen LogP contribution in [0.4, 0.5) is 5.69 Å². The number of esters is 1. The number of halogens is 1. The van der Waals surface area contributed by atoms with E-state index in [4.69, 9.17) is 10.7 Å². The molecule has 0 saturated heterocycles. The molecule has 22 heavy (non-hydrogen) atoms. The molecule has 0 bridgehead atoms. The van der Waals surface area contributed by atoms with Gasteiger partial charge in [0.15, 0.2) is 0 Å². The van der Waals surface area contributed by atoms with Crippen LogP contribution in [0.1, 0.15) is 20.0 Å². The number of amides is 1. The first-order valence-electron chi connectivity index (χ1n) is 5.85. The van der Waals surface area contributed by atoms with Gasteiger partial charge in [0.25, 0.3) is 15.0 Å². The van der Waals surface area contributed by atoms with Crippen LogP contribution in [0.5, 0.6) is 0 Å². The normalized spacial score (nSPS) is 11.0.